The van der Waals surface area contributed by atoms with Gasteiger partial charge in [-0.2, -0.15) is 0 Å². The van der Waals surface area contributed by atoms with Gasteiger partial charge in [-0.1, -0.05) is 18.6 Å². The van der Waals surface area contributed by atoms with E-state index < -0.39 is 0 Å². The van der Waals surface area contributed by atoms with E-state index in [1.54, 1.807) is 19.6 Å². The largest absolute Gasteiger partial charge is 0.495 e. The van der Waals surface area contributed by atoms with Crippen LogP contribution in [0, 0.1) is 29.6 Å². The second kappa shape index (κ2) is 9.62. The fourth-order valence-electron chi connectivity index (χ4n) is 7.20. The molecule has 1 aromatic rings. The zero-order chi connectivity index (χ0) is 24.6. The number of benzene rings is 1. The molecule has 0 saturated heterocycles. The Labute approximate surface area is 205 Å². The smallest absolute Gasteiger partial charge is 0.156 e. The fourth-order valence-corrected chi connectivity index (χ4v) is 7.20. The number of fused-ring (bicyclic) bond motifs is 4. The van der Waals surface area contributed by atoms with Crippen molar-refractivity contribution in [2.75, 3.05) is 26.1 Å². The van der Waals surface area contributed by atoms with Gasteiger partial charge in [0.1, 0.15) is 5.75 Å². The van der Waals surface area contributed by atoms with Crippen LogP contribution in [0.1, 0.15) is 70.3 Å². The molecular formula is C30H39NO3. The van der Waals surface area contributed by atoms with Crippen molar-refractivity contribution in [3.8, 4) is 18.1 Å². The third-order valence-corrected chi connectivity index (χ3v) is 8.77. The average Bonchev–Trinajstić information content (AvgIpc) is 3.12. The van der Waals surface area contributed by atoms with E-state index in [0.717, 1.165) is 50.0 Å². The summed E-state index contributed by atoms with van der Waals surface area (Å²) in [6, 6.07) is 6.59. The minimum absolute atomic E-state index is 0.0384. The molecule has 0 aliphatic heterocycles. The number of ketones is 1. The lowest BCUT2D eigenvalue weighted by Crippen LogP contribution is -2.45. The predicted octanol–water partition coefficient (Wildman–Crippen LogP) is 5.66. The number of terminal acetylenes is 1. The molecule has 5 rings (SSSR count). The van der Waals surface area contributed by atoms with Gasteiger partial charge >= 0.3 is 0 Å². The number of allylic oxidation sites excluding steroid dienone is 4. The Morgan fingerprint density at radius 3 is 2.59 bits per heavy atom. The second-order valence-electron chi connectivity index (χ2n) is 10.8. The third-order valence-electron chi connectivity index (χ3n) is 8.77. The molecule has 5 atom stereocenters. The number of carbonyl (C=O) groups excluding carboxylic acids is 1. The van der Waals surface area contributed by atoms with Crippen molar-refractivity contribution in [1.82, 2.24) is 0 Å². The van der Waals surface area contributed by atoms with Gasteiger partial charge in [-0.05, 0) is 97.6 Å². The first-order valence-electron chi connectivity index (χ1n) is 12.6. The highest BCUT2D eigenvalue weighted by atomic mass is 16.5. The Morgan fingerprint density at radius 1 is 1.18 bits per heavy atom. The topological polar surface area (TPSA) is 49.8 Å². The van der Waals surface area contributed by atoms with Crippen LogP contribution in [0.5, 0.6) is 5.75 Å². The van der Waals surface area contributed by atoms with E-state index in [1.165, 1.54) is 16.7 Å². The summed E-state index contributed by atoms with van der Waals surface area (Å²) >= 11 is 0. The van der Waals surface area contributed by atoms with Gasteiger partial charge in [-0.3, -0.25) is 4.79 Å². The van der Waals surface area contributed by atoms with Crippen molar-refractivity contribution in [1.29, 1.82) is 0 Å². The van der Waals surface area contributed by atoms with Crippen LogP contribution in [0.4, 0.5) is 5.69 Å². The lowest BCUT2D eigenvalue weighted by molar-refractivity contribution is -0.114. The number of methoxy groups -OCH3 is 1. The highest BCUT2D eigenvalue weighted by molar-refractivity contribution is 5.93. The Morgan fingerprint density at radius 2 is 1.91 bits per heavy atom. The Kier molecular flexibility index (Phi) is 6.97. The van der Waals surface area contributed by atoms with E-state index in [4.69, 9.17) is 4.74 Å². The summed E-state index contributed by atoms with van der Waals surface area (Å²) in [6.45, 7) is 3.98. The van der Waals surface area contributed by atoms with Crippen LogP contribution in [0.25, 0.3) is 0 Å². The summed E-state index contributed by atoms with van der Waals surface area (Å²) in [4.78, 5) is 14.3. The Hall–Kier alpha value is -2.51. The molecule has 0 bridgehead atoms. The molecule has 0 amide bonds. The molecule has 4 nitrogen and oxygen atoms in total. The standard InChI is InChI=1S/C27H35NO3.C3H4/c1-27-15-21(17-6-11-24(31-4)23(14-17)28(2)3)26-19-9-7-18(29)13-16(19)5-8-20(26)22(27)10-12-25(27)30;1-3-2/h6,11,13-14,20-22,25,30H,5,7-10,12,15H2,1-4H3;1H,2H3. The summed E-state index contributed by atoms with van der Waals surface area (Å²) in [6.07, 6.45) is 13.0. The lowest BCUT2D eigenvalue weighted by atomic mass is 9.53. The van der Waals surface area contributed by atoms with Crippen LogP contribution < -0.4 is 9.64 Å². The molecule has 34 heavy (non-hydrogen) atoms. The van der Waals surface area contributed by atoms with Crippen LogP contribution in [0.15, 0.2) is 41.0 Å². The van der Waals surface area contributed by atoms with Gasteiger partial charge in [-0.15, -0.1) is 12.3 Å². The van der Waals surface area contributed by atoms with Crippen molar-refractivity contribution in [2.24, 2.45) is 17.3 Å². The van der Waals surface area contributed by atoms with E-state index in [1.807, 2.05) is 6.08 Å². The molecule has 4 aliphatic rings. The fraction of sp³-hybridized carbons (Fsp3) is 0.567. The van der Waals surface area contributed by atoms with Gasteiger partial charge in [0.15, 0.2) is 5.78 Å². The van der Waals surface area contributed by atoms with E-state index in [2.05, 4.69) is 56.5 Å². The number of aliphatic hydroxyl groups excluding tert-OH is 1. The number of aliphatic hydroxyl groups is 1. The summed E-state index contributed by atoms with van der Waals surface area (Å²) < 4.78 is 5.62. The number of hydrogen-bond donors (Lipinski definition) is 1. The first kappa shape index (κ1) is 24.6. The van der Waals surface area contributed by atoms with Crippen LogP contribution in [0.3, 0.4) is 0 Å². The van der Waals surface area contributed by atoms with Crippen LogP contribution in [-0.4, -0.2) is 38.2 Å². The van der Waals surface area contributed by atoms with Crippen molar-refractivity contribution in [2.45, 2.75) is 70.8 Å². The molecule has 5 unspecified atom stereocenters. The van der Waals surface area contributed by atoms with Crippen molar-refractivity contribution < 1.29 is 14.6 Å². The quantitative estimate of drug-likeness (QED) is 0.590. The van der Waals surface area contributed by atoms with E-state index in [0.29, 0.717) is 18.3 Å². The van der Waals surface area contributed by atoms with Gasteiger partial charge in [-0.25, -0.2) is 0 Å². The molecule has 4 aliphatic carbocycles. The zero-order valence-corrected chi connectivity index (χ0v) is 21.4. The number of rotatable bonds is 3. The SMILES string of the molecule is C#CC.COc1ccc(C2CC3(C)C(O)CCC3C3CCC4=CC(=O)CCC4=C23)cc1N(C)C. The third kappa shape index (κ3) is 4.09. The molecule has 0 spiro atoms. The van der Waals surface area contributed by atoms with Crippen LogP contribution >= 0.6 is 0 Å². The monoisotopic (exact) mass is 461 g/mol. The molecular weight excluding hydrogens is 422 g/mol. The van der Waals surface area contributed by atoms with Gasteiger partial charge in [0, 0.05) is 26.4 Å². The summed E-state index contributed by atoms with van der Waals surface area (Å²) in [7, 11) is 5.83. The van der Waals surface area contributed by atoms with E-state index >= 15 is 0 Å². The molecule has 182 valence electrons. The summed E-state index contributed by atoms with van der Waals surface area (Å²) in [5, 5.41) is 11.0. The second-order valence-corrected chi connectivity index (χ2v) is 10.8. The molecule has 1 aromatic carbocycles. The van der Waals surface area contributed by atoms with Gasteiger partial charge < -0.3 is 14.7 Å². The first-order chi connectivity index (χ1) is 16.2. The maximum Gasteiger partial charge on any atom is 0.156 e. The number of anilines is 1. The molecule has 1 N–H and O–H groups in total. The van der Waals surface area contributed by atoms with Gasteiger partial charge in [0.2, 0.25) is 0 Å². The highest BCUT2D eigenvalue weighted by Gasteiger charge is 2.56. The van der Waals surface area contributed by atoms with Crippen LogP contribution in [0.2, 0.25) is 0 Å². The minimum Gasteiger partial charge on any atom is -0.495 e. The van der Waals surface area contributed by atoms with E-state index in [9.17, 15) is 9.90 Å². The molecule has 2 saturated carbocycles. The first-order valence-corrected chi connectivity index (χ1v) is 12.6. The highest BCUT2D eigenvalue weighted by Crippen LogP contribution is 2.64. The molecule has 2 fully saturated rings. The zero-order valence-electron chi connectivity index (χ0n) is 21.4. The molecule has 0 aromatic heterocycles. The van der Waals surface area contributed by atoms with Gasteiger partial charge in [0.25, 0.3) is 0 Å². The van der Waals surface area contributed by atoms with Gasteiger partial charge in [0.05, 0.1) is 18.9 Å². The Balaban J connectivity index is 0.000000868. The minimum atomic E-state index is -0.219. The Bertz CT molecular complexity index is 1060. The number of hydrogen-bond acceptors (Lipinski definition) is 4. The lowest BCUT2D eigenvalue weighted by Gasteiger charge is -2.52. The normalized spacial score (nSPS) is 31.8. The molecule has 4 heteroatoms. The summed E-state index contributed by atoms with van der Waals surface area (Å²) in [5.41, 5.74) is 6.70. The van der Waals surface area contributed by atoms with Crippen molar-refractivity contribution in [3.05, 3.63) is 46.6 Å². The molecule has 0 radical (unpaired) electrons. The molecule has 0 heterocycles. The van der Waals surface area contributed by atoms with Crippen molar-refractivity contribution in [3.63, 3.8) is 0 Å². The predicted molar refractivity (Wildman–Crippen MR) is 138 cm³/mol. The van der Waals surface area contributed by atoms with Crippen molar-refractivity contribution >= 4 is 11.5 Å². The number of ether oxygens (including phenoxy) is 1. The van der Waals surface area contributed by atoms with Crippen LogP contribution in [-0.2, 0) is 4.79 Å². The summed E-state index contributed by atoms with van der Waals surface area (Å²) in [5.74, 6) is 4.77. The average molecular weight is 462 g/mol. The maximum atomic E-state index is 12.1. The van der Waals surface area contributed by atoms with E-state index in [-0.39, 0.29) is 23.2 Å². The number of carbonyl (C=O) groups is 1. The number of nitrogens with zero attached hydrogens (tertiary/aromatic N) is 1. The maximum absolute atomic E-state index is 12.1.